The molecule has 11 heavy (non-hydrogen) atoms. The van der Waals surface area contributed by atoms with E-state index in [1.807, 2.05) is 0 Å². The molecule has 1 atom stereocenters. The van der Waals surface area contributed by atoms with Gasteiger partial charge in [-0.15, -0.1) is 12.6 Å². The van der Waals surface area contributed by atoms with Crippen LogP contribution in [0.3, 0.4) is 0 Å². The number of thiol groups is 1. The van der Waals surface area contributed by atoms with Gasteiger partial charge in [0.15, 0.2) is 0 Å². The van der Waals surface area contributed by atoms with Crippen LogP contribution in [0.4, 0.5) is 0 Å². The molecular weight excluding hydrogens is 184 g/mol. The van der Waals surface area contributed by atoms with E-state index in [2.05, 4.69) is 12.6 Å². The number of hydrogen-bond donors (Lipinski definition) is 3. The smallest absolute Gasteiger partial charge is 0.266 e. The average Bonchev–Trinajstić information content (AvgIpc) is 2.30. The Hall–Kier alpha value is -0.300. The van der Waals surface area contributed by atoms with E-state index in [1.165, 1.54) is 6.20 Å². The summed E-state index contributed by atoms with van der Waals surface area (Å²) in [7, 11) is 0. The summed E-state index contributed by atoms with van der Waals surface area (Å²) >= 11 is 1.93. The van der Waals surface area contributed by atoms with E-state index in [0.717, 1.165) is 9.54 Å². The minimum atomic E-state index is -2.04. The van der Waals surface area contributed by atoms with Gasteiger partial charge in [0.05, 0.1) is 5.03 Å². The zero-order chi connectivity index (χ0) is 8.43. The lowest BCUT2D eigenvalue weighted by atomic mass is 10.4. The molecule has 0 amide bonds. The quantitative estimate of drug-likeness (QED) is 0.464. The maximum atomic E-state index is 10.5. The number of nitrogens with two attached hydrogens (primary N) is 1. The summed E-state index contributed by atoms with van der Waals surface area (Å²) in [6.45, 7) is 0.345. The second kappa shape index (κ2) is 3.40. The molecule has 3 N–H and O–H groups in total. The highest BCUT2D eigenvalue weighted by Gasteiger charge is 2.04. The molecule has 0 aliphatic carbocycles. The van der Waals surface area contributed by atoms with Crippen molar-refractivity contribution in [2.45, 2.75) is 11.6 Å². The number of rotatable bonds is 2. The summed E-state index contributed by atoms with van der Waals surface area (Å²) in [4.78, 5) is 0. The van der Waals surface area contributed by atoms with Crippen LogP contribution in [0.2, 0.25) is 0 Å². The molecule has 0 aromatic carbocycles. The first-order valence-electron chi connectivity index (χ1n) is 2.87. The fraction of sp³-hybridized carbons (Fsp3) is 0.200. The number of hydrogen-bond acceptors (Lipinski definition) is 3. The summed E-state index contributed by atoms with van der Waals surface area (Å²) in [6.07, 6.45) is 1.50. The van der Waals surface area contributed by atoms with Crippen LogP contribution >= 0.6 is 12.6 Å². The van der Waals surface area contributed by atoms with E-state index in [4.69, 9.17) is 10.3 Å². The first-order chi connectivity index (χ1) is 5.15. The fourth-order valence-electron chi connectivity index (χ4n) is 0.720. The third-order valence-electron chi connectivity index (χ3n) is 1.23. The molecule has 1 heterocycles. The highest BCUT2D eigenvalue weighted by atomic mass is 32.2. The van der Waals surface area contributed by atoms with Gasteiger partial charge >= 0.3 is 0 Å². The Balaban J connectivity index is 3.07. The molecule has 0 fully saturated rings. The fourth-order valence-corrected chi connectivity index (χ4v) is 1.59. The summed E-state index contributed by atoms with van der Waals surface area (Å²) in [6, 6.07) is 1.65. The zero-order valence-corrected chi connectivity index (χ0v) is 7.31. The topological polar surface area (TPSA) is 68.2 Å². The Bertz CT molecular complexity index is 284. The van der Waals surface area contributed by atoms with Crippen LogP contribution in [0.5, 0.6) is 0 Å². The van der Waals surface area contributed by atoms with Gasteiger partial charge in [0, 0.05) is 12.7 Å². The Kier molecular flexibility index (Phi) is 2.72. The van der Waals surface area contributed by atoms with Gasteiger partial charge in [-0.1, -0.05) is 0 Å². The van der Waals surface area contributed by atoms with Gasteiger partial charge in [-0.3, -0.25) is 4.55 Å². The van der Waals surface area contributed by atoms with Crippen LogP contribution in [0.25, 0.3) is 0 Å². The molecule has 1 rings (SSSR count). The predicted octanol–water partition coefficient (Wildman–Crippen LogP) is 0.220. The Morgan fingerprint density at radius 3 is 2.73 bits per heavy atom. The SMILES string of the molecule is NCc1cc(S)n(S(=O)O)c1. The molecule has 0 saturated carbocycles. The molecule has 0 radical (unpaired) electrons. The highest BCUT2D eigenvalue weighted by molar-refractivity contribution is 7.82. The molecule has 0 bridgehead atoms. The third kappa shape index (κ3) is 1.84. The van der Waals surface area contributed by atoms with Crippen molar-refractivity contribution < 1.29 is 8.76 Å². The van der Waals surface area contributed by atoms with Crippen LogP contribution < -0.4 is 5.73 Å². The van der Waals surface area contributed by atoms with Crippen molar-refractivity contribution in [3.8, 4) is 0 Å². The van der Waals surface area contributed by atoms with E-state index >= 15 is 0 Å². The van der Waals surface area contributed by atoms with Crippen molar-refractivity contribution in [1.82, 2.24) is 3.97 Å². The minimum absolute atomic E-state index is 0.345. The zero-order valence-electron chi connectivity index (χ0n) is 5.60. The molecule has 1 aromatic heterocycles. The third-order valence-corrected chi connectivity index (χ3v) is 2.35. The average molecular weight is 192 g/mol. The van der Waals surface area contributed by atoms with Gasteiger partial charge in [0.25, 0.3) is 11.3 Å². The molecule has 62 valence electrons. The molecule has 1 aromatic rings. The summed E-state index contributed by atoms with van der Waals surface area (Å²) < 4.78 is 20.3. The second-order valence-electron chi connectivity index (χ2n) is 1.97. The second-order valence-corrected chi connectivity index (χ2v) is 3.28. The van der Waals surface area contributed by atoms with Crippen molar-refractivity contribution >= 4 is 23.9 Å². The molecule has 6 heteroatoms. The molecule has 0 aliphatic rings. The van der Waals surface area contributed by atoms with Gasteiger partial charge in [0.1, 0.15) is 0 Å². The van der Waals surface area contributed by atoms with Crippen molar-refractivity contribution in [2.24, 2.45) is 5.73 Å². The van der Waals surface area contributed by atoms with Crippen LogP contribution in [0.15, 0.2) is 17.3 Å². The standard InChI is InChI=1S/C5H8N2O2S2/c6-2-4-1-5(10)7(3-4)11(8)9/h1,3,10H,2,6H2,(H,8,9). The van der Waals surface area contributed by atoms with Gasteiger partial charge < -0.3 is 5.73 Å². The molecule has 0 aliphatic heterocycles. The van der Waals surface area contributed by atoms with Gasteiger partial charge in [-0.25, -0.2) is 8.18 Å². The summed E-state index contributed by atoms with van der Waals surface area (Å²) in [5.41, 5.74) is 6.09. The lowest BCUT2D eigenvalue weighted by Crippen LogP contribution is -2.01. The van der Waals surface area contributed by atoms with Gasteiger partial charge in [-0.05, 0) is 11.6 Å². The van der Waals surface area contributed by atoms with E-state index in [9.17, 15) is 4.21 Å². The molecule has 0 spiro atoms. The van der Waals surface area contributed by atoms with Crippen molar-refractivity contribution in [3.05, 3.63) is 17.8 Å². The summed E-state index contributed by atoms with van der Waals surface area (Å²) in [5.74, 6) is 0. The van der Waals surface area contributed by atoms with E-state index < -0.39 is 11.3 Å². The van der Waals surface area contributed by atoms with E-state index in [0.29, 0.717) is 11.6 Å². The molecule has 0 saturated heterocycles. The Morgan fingerprint density at radius 2 is 2.45 bits per heavy atom. The maximum Gasteiger partial charge on any atom is 0.266 e. The molecule has 4 nitrogen and oxygen atoms in total. The van der Waals surface area contributed by atoms with Gasteiger partial charge in [-0.2, -0.15) is 0 Å². The minimum Gasteiger partial charge on any atom is -0.326 e. The lowest BCUT2D eigenvalue weighted by molar-refractivity contribution is 0.551. The molecular formula is C5H8N2O2S2. The first-order valence-corrected chi connectivity index (χ1v) is 4.38. The monoisotopic (exact) mass is 192 g/mol. The highest BCUT2D eigenvalue weighted by Crippen LogP contribution is 2.12. The maximum absolute atomic E-state index is 10.5. The predicted molar refractivity (Wildman–Crippen MR) is 45.7 cm³/mol. The first kappa shape index (κ1) is 8.79. The van der Waals surface area contributed by atoms with Crippen LogP contribution in [0.1, 0.15) is 5.56 Å². The van der Waals surface area contributed by atoms with Crippen molar-refractivity contribution in [1.29, 1.82) is 0 Å². The largest absolute Gasteiger partial charge is 0.326 e. The van der Waals surface area contributed by atoms with E-state index in [1.54, 1.807) is 6.07 Å². The van der Waals surface area contributed by atoms with Crippen LogP contribution in [-0.4, -0.2) is 12.7 Å². The van der Waals surface area contributed by atoms with Gasteiger partial charge in [0.2, 0.25) is 0 Å². The summed E-state index contributed by atoms with van der Waals surface area (Å²) in [5, 5.41) is 0.436. The Labute approximate surface area is 72.2 Å². The number of aromatic nitrogens is 1. The lowest BCUT2D eigenvalue weighted by Gasteiger charge is -1.94. The number of nitrogens with zero attached hydrogens (tertiary/aromatic N) is 1. The van der Waals surface area contributed by atoms with Crippen molar-refractivity contribution in [3.63, 3.8) is 0 Å². The van der Waals surface area contributed by atoms with Crippen LogP contribution in [-0.2, 0) is 17.8 Å². The normalized spacial score (nSPS) is 13.4. The van der Waals surface area contributed by atoms with Crippen LogP contribution in [0, 0.1) is 0 Å². The molecule has 1 unspecified atom stereocenters. The van der Waals surface area contributed by atoms with E-state index in [-0.39, 0.29) is 0 Å². The Morgan fingerprint density at radius 1 is 1.82 bits per heavy atom. The van der Waals surface area contributed by atoms with Crippen molar-refractivity contribution in [2.75, 3.05) is 0 Å².